The molecule has 0 aromatic heterocycles. The summed E-state index contributed by atoms with van der Waals surface area (Å²) in [4.78, 5) is 12.1. The van der Waals surface area contributed by atoms with Crippen molar-refractivity contribution >= 4 is 5.91 Å². The molecule has 1 atom stereocenters. The minimum absolute atomic E-state index is 0.109. The van der Waals surface area contributed by atoms with Crippen LogP contribution in [0.5, 0.6) is 5.75 Å². The Balaban J connectivity index is 1.89. The van der Waals surface area contributed by atoms with Crippen molar-refractivity contribution < 1.29 is 22.7 Å². The molecule has 6 heteroatoms. The number of halogens is 3. The largest absolute Gasteiger partial charge is 0.491 e. The molecule has 134 valence electrons. The third-order valence-corrected chi connectivity index (χ3v) is 3.68. The summed E-state index contributed by atoms with van der Waals surface area (Å²) in [5.74, 6) is -0.0173. The Hall–Kier alpha value is -2.50. The molecule has 25 heavy (non-hydrogen) atoms. The van der Waals surface area contributed by atoms with Gasteiger partial charge in [-0.05, 0) is 30.2 Å². The zero-order chi connectivity index (χ0) is 18.3. The van der Waals surface area contributed by atoms with Crippen LogP contribution in [-0.2, 0) is 17.4 Å². The molecule has 0 aliphatic heterocycles. The lowest BCUT2D eigenvalue weighted by Crippen LogP contribution is -2.39. The molecule has 0 heterocycles. The van der Waals surface area contributed by atoms with Gasteiger partial charge in [-0.25, -0.2) is 0 Å². The van der Waals surface area contributed by atoms with Gasteiger partial charge in [0.2, 0.25) is 5.91 Å². The molecule has 0 saturated carbocycles. The highest BCUT2D eigenvalue weighted by molar-refractivity contribution is 5.78. The van der Waals surface area contributed by atoms with Crippen molar-refractivity contribution in [2.75, 3.05) is 6.61 Å². The van der Waals surface area contributed by atoms with Gasteiger partial charge in [0, 0.05) is 0 Å². The number of carbonyl (C=O) groups excluding carboxylic acids is 1. The SMILES string of the molecule is CCC(COc1cccc(C(F)(F)F)c1)NC(=O)Cc1ccccc1. The average Bonchev–Trinajstić information content (AvgIpc) is 2.59. The summed E-state index contributed by atoms with van der Waals surface area (Å²) in [6.07, 6.45) is -3.55. The number of ether oxygens (including phenoxy) is 1. The van der Waals surface area contributed by atoms with E-state index < -0.39 is 11.7 Å². The third-order valence-electron chi connectivity index (χ3n) is 3.68. The van der Waals surface area contributed by atoms with Crippen molar-refractivity contribution in [3.8, 4) is 5.75 Å². The highest BCUT2D eigenvalue weighted by atomic mass is 19.4. The summed E-state index contributed by atoms with van der Waals surface area (Å²) in [6, 6.07) is 13.8. The zero-order valence-electron chi connectivity index (χ0n) is 13.8. The second kappa shape index (κ2) is 8.55. The molecule has 1 amide bonds. The maximum Gasteiger partial charge on any atom is 0.416 e. The summed E-state index contributed by atoms with van der Waals surface area (Å²) in [5, 5.41) is 2.84. The predicted octanol–water partition coefficient (Wildman–Crippen LogP) is 4.22. The lowest BCUT2D eigenvalue weighted by molar-refractivity contribution is -0.137. The number of amides is 1. The molecule has 0 aliphatic rings. The smallest absolute Gasteiger partial charge is 0.416 e. The summed E-state index contributed by atoms with van der Waals surface area (Å²) >= 11 is 0. The van der Waals surface area contributed by atoms with Crippen LogP contribution < -0.4 is 10.1 Å². The number of nitrogens with one attached hydrogen (secondary N) is 1. The van der Waals surface area contributed by atoms with E-state index in [-0.39, 0.29) is 30.7 Å². The third kappa shape index (κ3) is 6.14. The molecular formula is C19H20F3NO2. The van der Waals surface area contributed by atoms with Crippen LogP contribution in [0.25, 0.3) is 0 Å². The van der Waals surface area contributed by atoms with Gasteiger partial charge in [0.15, 0.2) is 0 Å². The number of hydrogen-bond acceptors (Lipinski definition) is 2. The van der Waals surface area contributed by atoms with E-state index in [0.29, 0.717) is 6.42 Å². The Labute approximate surface area is 144 Å². The molecule has 3 nitrogen and oxygen atoms in total. The van der Waals surface area contributed by atoms with Crippen molar-refractivity contribution in [1.82, 2.24) is 5.32 Å². The van der Waals surface area contributed by atoms with Gasteiger partial charge in [-0.2, -0.15) is 13.2 Å². The maximum atomic E-state index is 12.7. The monoisotopic (exact) mass is 351 g/mol. The molecular weight excluding hydrogens is 331 g/mol. The molecule has 1 unspecified atom stereocenters. The number of rotatable bonds is 7. The Morgan fingerprint density at radius 2 is 1.84 bits per heavy atom. The first-order chi connectivity index (χ1) is 11.9. The summed E-state index contributed by atoms with van der Waals surface area (Å²) in [7, 11) is 0. The van der Waals surface area contributed by atoms with Gasteiger partial charge in [-0.3, -0.25) is 4.79 Å². The van der Waals surface area contributed by atoms with Crippen LogP contribution in [0.15, 0.2) is 54.6 Å². The van der Waals surface area contributed by atoms with E-state index in [1.807, 2.05) is 37.3 Å². The quantitative estimate of drug-likeness (QED) is 0.811. The highest BCUT2D eigenvalue weighted by Crippen LogP contribution is 2.31. The second-order valence-corrected chi connectivity index (χ2v) is 5.67. The number of benzene rings is 2. The Kier molecular flexibility index (Phi) is 6.44. The first-order valence-corrected chi connectivity index (χ1v) is 8.02. The summed E-state index contributed by atoms with van der Waals surface area (Å²) < 4.78 is 43.5. The van der Waals surface area contributed by atoms with Crippen LogP contribution in [0.1, 0.15) is 24.5 Å². The van der Waals surface area contributed by atoms with Gasteiger partial charge in [-0.15, -0.1) is 0 Å². The molecule has 2 aromatic rings. The standard InChI is InChI=1S/C19H20F3NO2/c1-2-16(23-18(24)11-14-7-4-3-5-8-14)13-25-17-10-6-9-15(12-17)19(20,21)22/h3-10,12,16H,2,11,13H2,1H3,(H,23,24). The molecule has 0 aliphatic carbocycles. The minimum Gasteiger partial charge on any atom is -0.491 e. The maximum absolute atomic E-state index is 12.7. The summed E-state index contributed by atoms with van der Waals surface area (Å²) in [6.45, 7) is 1.99. The molecule has 2 aromatic carbocycles. The average molecular weight is 351 g/mol. The van der Waals surface area contributed by atoms with Crippen LogP contribution >= 0.6 is 0 Å². The lowest BCUT2D eigenvalue weighted by Gasteiger charge is -2.18. The number of alkyl halides is 3. The van der Waals surface area contributed by atoms with Gasteiger partial charge < -0.3 is 10.1 Å². The second-order valence-electron chi connectivity index (χ2n) is 5.67. The number of hydrogen-bond donors (Lipinski definition) is 1. The minimum atomic E-state index is -4.41. The van der Waals surface area contributed by atoms with Crippen LogP contribution in [0.3, 0.4) is 0 Å². The van der Waals surface area contributed by atoms with E-state index >= 15 is 0 Å². The fraction of sp³-hybridized carbons (Fsp3) is 0.316. The van der Waals surface area contributed by atoms with E-state index in [9.17, 15) is 18.0 Å². The van der Waals surface area contributed by atoms with E-state index in [2.05, 4.69) is 5.32 Å². The molecule has 0 saturated heterocycles. The van der Waals surface area contributed by atoms with Crippen molar-refractivity contribution in [2.45, 2.75) is 32.0 Å². The van der Waals surface area contributed by atoms with Gasteiger partial charge >= 0.3 is 6.18 Å². The molecule has 1 N–H and O–H groups in total. The predicted molar refractivity (Wildman–Crippen MR) is 89.3 cm³/mol. The van der Waals surface area contributed by atoms with Gasteiger partial charge in [0.25, 0.3) is 0 Å². The van der Waals surface area contributed by atoms with E-state index in [4.69, 9.17) is 4.74 Å². The molecule has 0 radical (unpaired) electrons. The fourth-order valence-electron chi connectivity index (χ4n) is 2.28. The van der Waals surface area contributed by atoms with Crippen molar-refractivity contribution in [3.63, 3.8) is 0 Å². The molecule has 2 rings (SSSR count). The van der Waals surface area contributed by atoms with Crippen molar-refractivity contribution in [3.05, 3.63) is 65.7 Å². The highest BCUT2D eigenvalue weighted by Gasteiger charge is 2.30. The first-order valence-electron chi connectivity index (χ1n) is 8.02. The molecule has 0 fully saturated rings. The Morgan fingerprint density at radius 1 is 1.12 bits per heavy atom. The van der Waals surface area contributed by atoms with Crippen LogP contribution in [0.2, 0.25) is 0 Å². The normalized spacial score (nSPS) is 12.5. The van der Waals surface area contributed by atoms with E-state index in [1.54, 1.807) is 0 Å². The number of carbonyl (C=O) groups is 1. The van der Waals surface area contributed by atoms with Gasteiger partial charge in [-0.1, -0.05) is 43.3 Å². The van der Waals surface area contributed by atoms with Crippen LogP contribution in [0, 0.1) is 0 Å². The Morgan fingerprint density at radius 3 is 2.48 bits per heavy atom. The van der Waals surface area contributed by atoms with Crippen LogP contribution in [0.4, 0.5) is 13.2 Å². The molecule has 0 spiro atoms. The van der Waals surface area contributed by atoms with Gasteiger partial charge in [0.05, 0.1) is 18.0 Å². The lowest BCUT2D eigenvalue weighted by atomic mass is 10.1. The van der Waals surface area contributed by atoms with E-state index in [0.717, 1.165) is 17.7 Å². The Bertz CT molecular complexity index is 687. The zero-order valence-corrected chi connectivity index (χ0v) is 13.8. The first kappa shape index (κ1) is 18.8. The van der Waals surface area contributed by atoms with Crippen molar-refractivity contribution in [1.29, 1.82) is 0 Å². The van der Waals surface area contributed by atoms with Gasteiger partial charge in [0.1, 0.15) is 12.4 Å². The molecule has 0 bridgehead atoms. The fourth-order valence-corrected chi connectivity index (χ4v) is 2.28. The topological polar surface area (TPSA) is 38.3 Å². The summed E-state index contributed by atoms with van der Waals surface area (Å²) in [5.41, 5.74) is 0.139. The van der Waals surface area contributed by atoms with Crippen molar-refractivity contribution in [2.24, 2.45) is 0 Å². The van der Waals surface area contributed by atoms with Crippen LogP contribution in [-0.4, -0.2) is 18.6 Å². The van der Waals surface area contributed by atoms with E-state index in [1.165, 1.54) is 12.1 Å².